The van der Waals surface area contributed by atoms with Gasteiger partial charge >= 0.3 is 0 Å². The number of hydrogen-bond acceptors (Lipinski definition) is 2. The van der Waals surface area contributed by atoms with Crippen LogP contribution in [0.2, 0.25) is 0 Å². The van der Waals surface area contributed by atoms with Gasteiger partial charge in [-0.1, -0.05) is 6.07 Å². The van der Waals surface area contributed by atoms with Crippen molar-refractivity contribution in [3.63, 3.8) is 0 Å². The van der Waals surface area contributed by atoms with Gasteiger partial charge in [0, 0.05) is 12.5 Å². The van der Waals surface area contributed by atoms with E-state index >= 15 is 0 Å². The van der Waals surface area contributed by atoms with Crippen LogP contribution in [0.5, 0.6) is 0 Å². The summed E-state index contributed by atoms with van der Waals surface area (Å²) in [6.07, 6.45) is 2.98. The number of hydrogen-bond donors (Lipinski definition) is 0. The van der Waals surface area contributed by atoms with Gasteiger partial charge in [-0.25, -0.2) is 4.98 Å². The van der Waals surface area contributed by atoms with E-state index in [9.17, 15) is 0 Å². The lowest BCUT2D eigenvalue weighted by Crippen LogP contribution is -2.04. The molecule has 2 aromatic rings. The first kappa shape index (κ1) is 9.36. The summed E-state index contributed by atoms with van der Waals surface area (Å²) in [5.41, 5.74) is 1.13. The van der Waals surface area contributed by atoms with E-state index in [-0.39, 0.29) is 0 Å². The second-order valence-corrected chi connectivity index (χ2v) is 4.60. The SMILES string of the molecule is Brc1cccc2cnc(C3CCOC3)n12. The van der Waals surface area contributed by atoms with E-state index in [1.807, 2.05) is 18.3 Å². The standard InChI is InChI=1S/C11H11BrN2O/c12-10-3-1-2-9-6-13-11(14(9)10)8-4-5-15-7-8/h1-3,6,8H,4-5,7H2. The Morgan fingerprint density at radius 2 is 2.40 bits per heavy atom. The predicted molar refractivity (Wildman–Crippen MR) is 61.1 cm³/mol. The van der Waals surface area contributed by atoms with Gasteiger partial charge in [0.1, 0.15) is 5.82 Å². The molecule has 1 aliphatic rings. The summed E-state index contributed by atoms with van der Waals surface area (Å²) in [7, 11) is 0. The number of fused-ring (bicyclic) bond motifs is 1. The van der Waals surface area contributed by atoms with E-state index in [2.05, 4.69) is 31.4 Å². The second-order valence-electron chi connectivity index (χ2n) is 3.79. The molecule has 0 spiro atoms. The Hall–Kier alpha value is -0.870. The number of halogens is 1. The molecular weight excluding hydrogens is 256 g/mol. The van der Waals surface area contributed by atoms with Gasteiger partial charge in [-0.05, 0) is 34.5 Å². The van der Waals surface area contributed by atoms with Crippen molar-refractivity contribution >= 4 is 21.4 Å². The number of ether oxygens (including phenoxy) is 1. The van der Waals surface area contributed by atoms with Crippen LogP contribution in [0.4, 0.5) is 0 Å². The maximum Gasteiger partial charge on any atom is 0.119 e. The van der Waals surface area contributed by atoms with Crippen LogP contribution in [0.3, 0.4) is 0 Å². The van der Waals surface area contributed by atoms with E-state index in [1.165, 1.54) is 0 Å². The van der Waals surface area contributed by atoms with Crippen molar-refractivity contribution in [1.29, 1.82) is 0 Å². The van der Waals surface area contributed by atoms with Gasteiger partial charge in [0.05, 0.1) is 22.9 Å². The monoisotopic (exact) mass is 266 g/mol. The van der Waals surface area contributed by atoms with E-state index in [0.717, 1.165) is 35.6 Å². The molecule has 0 aliphatic carbocycles. The Morgan fingerprint density at radius 1 is 1.47 bits per heavy atom. The van der Waals surface area contributed by atoms with Crippen LogP contribution in [-0.4, -0.2) is 22.6 Å². The van der Waals surface area contributed by atoms with Gasteiger partial charge in [0.15, 0.2) is 0 Å². The van der Waals surface area contributed by atoms with E-state index in [4.69, 9.17) is 4.74 Å². The maximum atomic E-state index is 5.40. The summed E-state index contributed by atoms with van der Waals surface area (Å²) in [4.78, 5) is 4.49. The molecule has 1 saturated heterocycles. The molecule has 0 bridgehead atoms. The van der Waals surface area contributed by atoms with E-state index < -0.39 is 0 Å². The molecule has 2 aromatic heterocycles. The number of rotatable bonds is 1. The molecule has 3 rings (SSSR count). The lowest BCUT2D eigenvalue weighted by Gasteiger charge is -2.08. The molecule has 1 atom stereocenters. The van der Waals surface area contributed by atoms with Crippen molar-refractivity contribution in [3.8, 4) is 0 Å². The highest BCUT2D eigenvalue weighted by Crippen LogP contribution is 2.27. The van der Waals surface area contributed by atoms with Crippen molar-refractivity contribution in [3.05, 3.63) is 34.8 Å². The Kier molecular flexibility index (Phi) is 2.25. The van der Waals surface area contributed by atoms with Crippen molar-refractivity contribution < 1.29 is 4.74 Å². The highest BCUT2D eigenvalue weighted by atomic mass is 79.9. The zero-order valence-corrected chi connectivity index (χ0v) is 9.77. The van der Waals surface area contributed by atoms with Gasteiger partial charge in [-0.3, -0.25) is 4.40 Å². The molecule has 1 fully saturated rings. The van der Waals surface area contributed by atoms with Crippen molar-refractivity contribution in [1.82, 2.24) is 9.38 Å². The van der Waals surface area contributed by atoms with Crippen LogP contribution in [0.25, 0.3) is 5.52 Å². The summed E-state index contributed by atoms with van der Waals surface area (Å²) >= 11 is 3.56. The molecule has 1 aliphatic heterocycles. The first-order valence-corrected chi connectivity index (χ1v) is 5.85. The first-order valence-electron chi connectivity index (χ1n) is 5.06. The first-order chi connectivity index (χ1) is 7.36. The zero-order valence-electron chi connectivity index (χ0n) is 8.19. The Bertz CT molecular complexity index is 488. The fourth-order valence-electron chi connectivity index (χ4n) is 2.06. The van der Waals surface area contributed by atoms with Crippen LogP contribution in [0, 0.1) is 0 Å². The Balaban J connectivity index is 2.18. The summed E-state index contributed by atoms with van der Waals surface area (Å²) in [6.45, 7) is 1.64. The predicted octanol–water partition coefficient (Wildman–Crippen LogP) is 2.60. The molecule has 3 heterocycles. The molecule has 0 amide bonds. The van der Waals surface area contributed by atoms with Crippen LogP contribution in [0.15, 0.2) is 29.0 Å². The van der Waals surface area contributed by atoms with Gasteiger partial charge < -0.3 is 4.74 Å². The van der Waals surface area contributed by atoms with Crippen LogP contribution < -0.4 is 0 Å². The topological polar surface area (TPSA) is 26.5 Å². The minimum atomic E-state index is 0.436. The third-order valence-corrected chi connectivity index (χ3v) is 3.44. The molecule has 0 radical (unpaired) electrons. The average molecular weight is 267 g/mol. The third-order valence-electron chi connectivity index (χ3n) is 2.83. The molecule has 0 saturated carbocycles. The van der Waals surface area contributed by atoms with Crippen LogP contribution in [0.1, 0.15) is 18.2 Å². The highest BCUT2D eigenvalue weighted by molar-refractivity contribution is 9.10. The number of aromatic nitrogens is 2. The van der Waals surface area contributed by atoms with Crippen molar-refractivity contribution in [2.75, 3.05) is 13.2 Å². The largest absolute Gasteiger partial charge is 0.381 e. The molecule has 0 N–H and O–H groups in total. The smallest absolute Gasteiger partial charge is 0.119 e. The molecular formula is C11H11BrN2O. The summed E-state index contributed by atoms with van der Waals surface area (Å²) in [6, 6.07) is 6.13. The number of pyridine rings is 1. The summed E-state index contributed by atoms with van der Waals surface area (Å²) in [5, 5.41) is 0. The summed E-state index contributed by atoms with van der Waals surface area (Å²) in [5.74, 6) is 1.54. The third kappa shape index (κ3) is 1.48. The van der Waals surface area contributed by atoms with Crippen molar-refractivity contribution in [2.45, 2.75) is 12.3 Å². The van der Waals surface area contributed by atoms with E-state index in [0.29, 0.717) is 5.92 Å². The van der Waals surface area contributed by atoms with Crippen LogP contribution in [-0.2, 0) is 4.74 Å². The molecule has 0 aromatic carbocycles. The lowest BCUT2D eigenvalue weighted by molar-refractivity contribution is 0.193. The molecule has 15 heavy (non-hydrogen) atoms. The Labute approximate surface area is 96.2 Å². The average Bonchev–Trinajstić information content (AvgIpc) is 2.85. The second kappa shape index (κ2) is 3.61. The van der Waals surface area contributed by atoms with Gasteiger partial charge in [-0.15, -0.1) is 0 Å². The van der Waals surface area contributed by atoms with Gasteiger partial charge in [0.25, 0.3) is 0 Å². The quantitative estimate of drug-likeness (QED) is 0.742. The zero-order chi connectivity index (χ0) is 10.3. The normalized spacial score (nSPS) is 21.3. The minimum absolute atomic E-state index is 0.436. The van der Waals surface area contributed by atoms with Gasteiger partial charge in [0.2, 0.25) is 0 Å². The highest BCUT2D eigenvalue weighted by Gasteiger charge is 2.22. The fourth-order valence-corrected chi connectivity index (χ4v) is 2.60. The Morgan fingerprint density at radius 3 is 3.20 bits per heavy atom. The summed E-state index contributed by atoms with van der Waals surface area (Å²) < 4.78 is 8.61. The lowest BCUT2D eigenvalue weighted by atomic mass is 10.1. The maximum absolute atomic E-state index is 5.40. The molecule has 1 unspecified atom stereocenters. The fraction of sp³-hybridized carbons (Fsp3) is 0.364. The van der Waals surface area contributed by atoms with Crippen molar-refractivity contribution in [2.24, 2.45) is 0 Å². The minimum Gasteiger partial charge on any atom is -0.381 e. The number of imidazole rings is 1. The molecule has 4 heteroatoms. The van der Waals surface area contributed by atoms with E-state index in [1.54, 1.807) is 0 Å². The van der Waals surface area contributed by atoms with Crippen LogP contribution >= 0.6 is 15.9 Å². The molecule has 3 nitrogen and oxygen atoms in total. The molecule has 78 valence electrons. The number of nitrogens with zero attached hydrogens (tertiary/aromatic N) is 2. The van der Waals surface area contributed by atoms with Gasteiger partial charge in [-0.2, -0.15) is 0 Å².